The number of carbonyl (C=O) groups is 2. The van der Waals surface area contributed by atoms with Crippen LogP contribution in [-0.4, -0.2) is 86.6 Å². The summed E-state index contributed by atoms with van der Waals surface area (Å²) < 4.78 is 30.6. The van der Waals surface area contributed by atoms with Crippen molar-refractivity contribution in [1.29, 1.82) is 0 Å². The zero-order valence-electron chi connectivity index (χ0n) is 24.0. The molecule has 3 aromatic rings. The Bertz CT molecular complexity index is 1450. The van der Waals surface area contributed by atoms with Crippen LogP contribution in [0, 0.1) is 5.82 Å². The van der Waals surface area contributed by atoms with Gasteiger partial charge in [-0.1, -0.05) is 17.4 Å². The number of carbonyl (C=O) groups excluding carboxylic acids is 2. The molecule has 0 aliphatic carbocycles. The van der Waals surface area contributed by atoms with Crippen LogP contribution in [0.5, 0.6) is 0 Å². The highest BCUT2D eigenvalue weighted by Gasteiger charge is 2.52. The molecule has 1 N–H and O–H groups in total. The maximum atomic E-state index is 16.2. The van der Waals surface area contributed by atoms with Gasteiger partial charge in [-0.25, -0.2) is 4.39 Å². The predicted octanol–water partition coefficient (Wildman–Crippen LogP) is 3.00. The van der Waals surface area contributed by atoms with Crippen molar-refractivity contribution in [2.24, 2.45) is 0 Å². The van der Waals surface area contributed by atoms with Crippen molar-refractivity contribution in [2.75, 3.05) is 26.7 Å². The van der Waals surface area contributed by atoms with E-state index in [1.165, 1.54) is 0 Å². The molecule has 1 aromatic carbocycles. The van der Waals surface area contributed by atoms with Crippen LogP contribution in [-0.2, 0) is 20.6 Å². The van der Waals surface area contributed by atoms with Crippen LogP contribution in [0.1, 0.15) is 63.5 Å². The smallest absolute Gasteiger partial charge is 0.399 e. The third-order valence-corrected chi connectivity index (χ3v) is 8.32. The zero-order valence-corrected chi connectivity index (χ0v) is 24.0. The van der Waals surface area contributed by atoms with Crippen molar-refractivity contribution in [3.05, 3.63) is 47.7 Å². The maximum absolute atomic E-state index is 16.2. The first-order valence-electron chi connectivity index (χ1n) is 13.7. The van der Waals surface area contributed by atoms with Gasteiger partial charge in [0.2, 0.25) is 5.91 Å². The van der Waals surface area contributed by atoms with E-state index in [1.54, 1.807) is 46.1 Å². The summed E-state index contributed by atoms with van der Waals surface area (Å²) in [6.45, 7) is 11.5. The van der Waals surface area contributed by atoms with E-state index in [9.17, 15) is 9.59 Å². The highest BCUT2D eigenvalue weighted by molar-refractivity contribution is 6.65. The minimum atomic E-state index is -0.765. The maximum Gasteiger partial charge on any atom is 0.495 e. The second-order valence-corrected chi connectivity index (χ2v) is 11.5. The number of rotatable bonds is 7. The van der Waals surface area contributed by atoms with Gasteiger partial charge in [-0.3, -0.25) is 14.3 Å². The minimum absolute atomic E-state index is 0.0378. The second-order valence-electron chi connectivity index (χ2n) is 11.5. The molecule has 2 aliphatic rings. The molecule has 0 bridgehead atoms. The van der Waals surface area contributed by atoms with Gasteiger partial charge in [-0.05, 0) is 58.1 Å². The Morgan fingerprint density at radius 3 is 2.58 bits per heavy atom. The molecule has 0 radical (unpaired) electrons. The average Bonchev–Trinajstić information content (AvgIpc) is 3.65. The summed E-state index contributed by atoms with van der Waals surface area (Å²) >= 11 is 0. The number of nitrogens with zero attached hydrogens (tertiary/aromatic N) is 5. The lowest BCUT2D eigenvalue weighted by atomic mass is 9.75. The first-order valence-corrected chi connectivity index (χ1v) is 13.7. The van der Waals surface area contributed by atoms with Crippen LogP contribution in [0.25, 0.3) is 16.5 Å². The van der Waals surface area contributed by atoms with E-state index >= 15 is 4.39 Å². The number of fused-ring (bicyclic) bond motifs is 1. The van der Waals surface area contributed by atoms with E-state index in [-0.39, 0.29) is 36.0 Å². The summed E-state index contributed by atoms with van der Waals surface area (Å²) in [5.41, 5.74) is 0.985. The summed E-state index contributed by atoms with van der Waals surface area (Å²) in [4.78, 5) is 32.3. The van der Waals surface area contributed by atoms with Gasteiger partial charge in [0.25, 0.3) is 5.91 Å². The first-order chi connectivity index (χ1) is 18.9. The standard InChI is InChI=1S/C28H36BFN6O4/c1-7-34(6)26(38)22-16-20-21(29-39-27(2,3)28(4,5)40-29)15-19(24(30)25(20)32-22)18-9-8-12-35(17-18)23(37)10-13-36-14-11-31-33-36/h9,11,14-16,32H,7-8,10,12-13,17H2,1-6H3. The van der Waals surface area contributed by atoms with E-state index in [4.69, 9.17) is 9.31 Å². The van der Waals surface area contributed by atoms with Gasteiger partial charge < -0.3 is 24.1 Å². The van der Waals surface area contributed by atoms with E-state index in [2.05, 4.69) is 15.3 Å². The second kappa shape index (κ2) is 10.5. The summed E-state index contributed by atoms with van der Waals surface area (Å²) in [5, 5.41) is 8.22. The van der Waals surface area contributed by atoms with Crippen molar-refractivity contribution in [1.82, 2.24) is 29.8 Å². The number of H-pyrrole nitrogens is 1. The van der Waals surface area contributed by atoms with Gasteiger partial charge in [0.05, 0.1) is 29.5 Å². The summed E-state index contributed by atoms with van der Waals surface area (Å²) in [6.07, 6.45) is 6.13. The van der Waals surface area contributed by atoms with Gasteiger partial charge >= 0.3 is 7.12 Å². The Hall–Kier alpha value is -3.51. The number of benzene rings is 1. The van der Waals surface area contributed by atoms with Gasteiger partial charge in [0.1, 0.15) is 5.69 Å². The number of aryl methyl sites for hydroxylation is 1. The molecule has 2 amide bonds. The van der Waals surface area contributed by atoms with Crippen LogP contribution >= 0.6 is 0 Å². The number of hydrogen-bond donors (Lipinski definition) is 1. The third kappa shape index (κ3) is 5.06. The van der Waals surface area contributed by atoms with Crippen molar-refractivity contribution < 1.29 is 23.3 Å². The Balaban J connectivity index is 1.52. The van der Waals surface area contributed by atoms with Crippen molar-refractivity contribution >= 4 is 40.9 Å². The zero-order chi connectivity index (χ0) is 28.8. The lowest BCUT2D eigenvalue weighted by molar-refractivity contribution is -0.131. The summed E-state index contributed by atoms with van der Waals surface area (Å²) in [5.74, 6) is -0.749. The number of amides is 2. The highest BCUT2D eigenvalue weighted by Crippen LogP contribution is 2.38. The fourth-order valence-corrected chi connectivity index (χ4v) is 5.02. The van der Waals surface area contributed by atoms with Crippen LogP contribution in [0.15, 0.2) is 30.6 Å². The van der Waals surface area contributed by atoms with Gasteiger partial charge in [0.15, 0.2) is 5.82 Å². The Labute approximate surface area is 233 Å². The molecule has 40 heavy (non-hydrogen) atoms. The van der Waals surface area contributed by atoms with Crippen LogP contribution in [0.4, 0.5) is 4.39 Å². The monoisotopic (exact) mass is 550 g/mol. The molecular formula is C28H36BFN6O4. The Morgan fingerprint density at radius 2 is 1.93 bits per heavy atom. The highest BCUT2D eigenvalue weighted by atomic mass is 19.1. The topological polar surface area (TPSA) is 106 Å². The van der Waals surface area contributed by atoms with Crippen molar-refractivity contribution in [2.45, 2.75) is 65.2 Å². The number of hydrogen-bond acceptors (Lipinski definition) is 6. The fraction of sp³-hybridized carbons (Fsp3) is 0.500. The normalized spacial score (nSPS) is 18.3. The largest absolute Gasteiger partial charge is 0.495 e. The molecule has 1 fully saturated rings. The Kier molecular flexibility index (Phi) is 7.34. The van der Waals surface area contributed by atoms with E-state index in [1.807, 2.05) is 40.7 Å². The lowest BCUT2D eigenvalue weighted by Crippen LogP contribution is -2.41. The number of halogens is 1. The quantitative estimate of drug-likeness (QED) is 0.454. The van der Waals surface area contributed by atoms with Crippen LogP contribution in [0.3, 0.4) is 0 Å². The molecule has 5 rings (SSSR count). The minimum Gasteiger partial charge on any atom is -0.399 e. The van der Waals surface area contributed by atoms with Crippen LogP contribution in [0.2, 0.25) is 0 Å². The van der Waals surface area contributed by atoms with Gasteiger partial charge in [-0.2, -0.15) is 0 Å². The molecule has 2 aliphatic heterocycles. The Morgan fingerprint density at radius 1 is 1.20 bits per heavy atom. The summed E-state index contributed by atoms with van der Waals surface area (Å²) in [6, 6.07) is 3.42. The number of aromatic nitrogens is 4. The summed E-state index contributed by atoms with van der Waals surface area (Å²) in [7, 11) is 0.936. The van der Waals surface area contributed by atoms with Gasteiger partial charge in [-0.15, -0.1) is 5.10 Å². The van der Waals surface area contributed by atoms with E-state index in [0.29, 0.717) is 48.0 Å². The van der Waals surface area contributed by atoms with Crippen LogP contribution < -0.4 is 5.46 Å². The number of aromatic amines is 1. The molecule has 0 unspecified atom stereocenters. The van der Waals surface area contributed by atoms with E-state index in [0.717, 1.165) is 0 Å². The molecule has 0 spiro atoms. The molecular weight excluding hydrogens is 514 g/mol. The van der Waals surface area contributed by atoms with E-state index < -0.39 is 24.1 Å². The van der Waals surface area contributed by atoms with Gasteiger partial charge in [0, 0.05) is 50.2 Å². The molecule has 0 saturated carbocycles. The third-order valence-electron chi connectivity index (χ3n) is 8.32. The molecule has 12 heteroatoms. The average molecular weight is 550 g/mol. The fourth-order valence-electron chi connectivity index (χ4n) is 5.02. The molecule has 10 nitrogen and oxygen atoms in total. The number of nitrogens with one attached hydrogen (secondary N) is 1. The molecule has 4 heterocycles. The SMILES string of the molecule is CCN(C)C(=O)c1cc2c(B3OC(C)(C)C(C)(C)O3)cc(C3=CCCN(C(=O)CCn4ccnn4)C3)c(F)c2[nH]1. The molecule has 0 atom stereocenters. The van der Waals surface area contributed by atoms with Crippen molar-refractivity contribution in [3.8, 4) is 0 Å². The first kappa shape index (κ1) is 28.0. The molecule has 2 aromatic heterocycles. The predicted molar refractivity (Wildman–Crippen MR) is 150 cm³/mol. The molecule has 1 saturated heterocycles. The molecule has 212 valence electrons. The van der Waals surface area contributed by atoms with Crippen molar-refractivity contribution in [3.63, 3.8) is 0 Å². The lowest BCUT2D eigenvalue weighted by Gasteiger charge is -2.32.